The van der Waals surface area contributed by atoms with Crippen LogP contribution < -0.4 is 14.8 Å². The van der Waals surface area contributed by atoms with Crippen LogP contribution in [0.25, 0.3) is 0 Å². The number of aromatic carboxylic acids is 1. The van der Waals surface area contributed by atoms with Crippen LogP contribution >= 0.6 is 0 Å². The number of carbonyl (C=O) groups is 1. The number of fused-ring (bicyclic) bond motifs is 1. The number of nitrogens with two attached hydrogens (primary N) is 1. The SMILES string of the molecule is NS(=O)(=O)CCN1CCOc2c(C(=O)O)cccc21. The van der Waals surface area contributed by atoms with E-state index in [0.717, 1.165) is 0 Å². The van der Waals surface area contributed by atoms with Gasteiger partial charge in [0.2, 0.25) is 10.0 Å². The Kier molecular flexibility index (Phi) is 3.63. The van der Waals surface area contributed by atoms with Crippen molar-refractivity contribution >= 4 is 21.7 Å². The molecule has 0 saturated carbocycles. The maximum Gasteiger partial charge on any atom is 0.339 e. The van der Waals surface area contributed by atoms with Crippen molar-refractivity contribution in [3.63, 3.8) is 0 Å². The minimum absolute atomic E-state index is 0.0674. The lowest BCUT2D eigenvalue weighted by molar-refractivity contribution is 0.0692. The van der Waals surface area contributed by atoms with E-state index >= 15 is 0 Å². The van der Waals surface area contributed by atoms with Crippen molar-refractivity contribution in [1.82, 2.24) is 0 Å². The first-order valence-corrected chi connectivity index (χ1v) is 7.34. The Morgan fingerprint density at radius 1 is 1.47 bits per heavy atom. The molecule has 8 heteroatoms. The van der Waals surface area contributed by atoms with Gasteiger partial charge in [-0.15, -0.1) is 0 Å². The van der Waals surface area contributed by atoms with Crippen molar-refractivity contribution in [3.05, 3.63) is 23.8 Å². The Balaban J connectivity index is 2.29. The Hall–Kier alpha value is -1.80. The van der Waals surface area contributed by atoms with Gasteiger partial charge >= 0.3 is 5.97 Å². The van der Waals surface area contributed by atoms with Crippen molar-refractivity contribution in [1.29, 1.82) is 0 Å². The van der Waals surface area contributed by atoms with E-state index in [1.54, 1.807) is 17.0 Å². The van der Waals surface area contributed by atoms with Gasteiger partial charge in [-0.05, 0) is 12.1 Å². The topological polar surface area (TPSA) is 110 Å². The van der Waals surface area contributed by atoms with Gasteiger partial charge in [-0.2, -0.15) is 0 Å². The van der Waals surface area contributed by atoms with E-state index in [9.17, 15) is 13.2 Å². The van der Waals surface area contributed by atoms with Crippen LogP contribution in [-0.4, -0.2) is 44.9 Å². The van der Waals surface area contributed by atoms with Crippen molar-refractivity contribution in [3.8, 4) is 5.75 Å². The summed E-state index contributed by atoms with van der Waals surface area (Å²) < 4.78 is 27.3. The Morgan fingerprint density at radius 2 is 2.21 bits per heavy atom. The molecule has 0 amide bonds. The fraction of sp³-hybridized carbons (Fsp3) is 0.364. The first-order valence-electron chi connectivity index (χ1n) is 5.63. The molecule has 1 heterocycles. The zero-order chi connectivity index (χ0) is 14.0. The summed E-state index contributed by atoms with van der Waals surface area (Å²) in [5.41, 5.74) is 0.646. The summed E-state index contributed by atoms with van der Waals surface area (Å²) in [5, 5.41) is 14.0. The van der Waals surface area contributed by atoms with Gasteiger partial charge in [0.25, 0.3) is 0 Å². The summed E-state index contributed by atoms with van der Waals surface area (Å²) in [7, 11) is -3.55. The quantitative estimate of drug-likeness (QED) is 0.798. The van der Waals surface area contributed by atoms with Gasteiger partial charge < -0.3 is 14.7 Å². The maximum atomic E-state index is 11.1. The molecule has 0 spiro atoms. The minimum atomic E-state index is -3.55. The molecule has 0 bridgehead atoms. The molecular formula is C11H14N2O5S. The maximum absolute atomic E-state index is 11.1. The van der Waals surface area contributed by atoms with E-state index in [0.29, 0.717) is 18.8 Å². The van der Waals surface area contributed by atoms with Crippen LogP contribution in [0, 0.1) is 0 Å². The lowest BCUT2D eigenvalue weighted by atomic mass is 10.1. The minimum Gasteiger partial charge on any atom is -0.489 e. The molecule has 3 N–H and O–H groups in total. The highest BCUT2D eigenvalue weighted by atomic mass is 32.2. The first kappa shape index (κ1) is 13.6. The Morgan fingerprint density at radius 3 is 2.84 bits per heavy atom. The Bertz CT molecular complexity index is 599. The number of nitrogens with zero attached hydrogens (tertiary/aromatic N) is 1. The number of carboxylic acid groups (broad SMARTS) is 1. The molecule has 0 saturated heterocycles. The molecule has 1 aliphatic rings. The average molecular weight is 286 g/mol. The summed E-state index contributed by atoms with van der Waals surface area (Å²) in [6, 6.07) is 4.75. The van der Waals surface area contributed by atoms with Crippen LogP contribution in [0.2, 0.25) is 0 Å². The zero-order valence-electron chi connectivity index (χ0n) is 10.1. The number of rotatable bonds is 4. The number of hydrogen-bond acceptors (Lipinski definition) is 5. The van der Waals surface area contributed by atoms with Gasteiger partial charge in [-0.3, -0.25) is 0 Å². The second-order valence-corrected chi connectivity index (χ2v) is 5.90. The first-order chi connectivity index (χ1) is 8.88. The van der Waals surface area contributed by atoms with Crippen molar-refractivity contribution in [2.75, 3.05) is 30.3 Å². The van der Waals surface area contributed by atoms with E-state index in [1.165, 1.54) is 6.07 Å². The smallest absolute Gasteiger partial charge is 0.339 e. The van der Waals surface area contributed by atoms with Crippen LogP contribution in [0.15, 0.2) is 18.2 Å². The van der Waals surface area contributed by atoms with Crippen molar-refractivity contribution in [2.45, 2.75) is 0 Å². The van der Waals surface area contributed by atoms with Crippen LogP contribution in [0.1, 0.15) is 10.4 Å². The van der Waals surface area contributed by atoms with Gasteiger partial charge in [-0.1, -0.05) is 6.07 Å². The molecule has 7 nitrogen and oxygen atoms in total. The number of para-hydroxylation sites is 1. The third-order valence-corrected chi connectivity index (χ3v) is 3.57. The third-order valence-electron chi connectivity index (χ3n) is 2.82. The molecule has 19 heavy (non-hydrogen) atoms. The van der Waals surface area contributed by atoms with E-state index in [2.05, 4.69) is 0 Å². The molecule has 0 aliphatic carbocycles. The van der Waals surface area contributed by atoms with Gasteiger partial charge in [0.1, 0.15) is 12.2 Å². The molecule has 0 aromatic heterocycles. The van der Waals surface area contributed by atoms with Crippen LogP contribution in [0.4, 0.5) is 5.69 Å². The number of primary sulfonamides is 1. The second-order valence-electron chi connectivity index (χ2n) is 4.16. The summed E-state index contributed by atoms with van der Waals surface area (Å²) in [6.07, 6.45) is 0. The van der Waals surface area contributed by atoms with Gasteiger partial charge in [0.15, 0.2) is 5.75 Å². The van der Waals surface area contributed by atoms with E-state index < -0.39 is 16.0 Å². The van der Waals surface area contributed by atoms with Gasteiger partial charge in [0, 0.05) is 6.54 Å². The monoisotopic (exact) mass is 286 g/mol. The molecule has 1 aliphatic heterocycles. The molecule has 2 rings (SSSR count). The number of sulfonamides is 1. The van der Waals surface area contributed by atoms with Crippen LogP contribution in [0.5, 0.6) is 5.75 Å². The number of carboxylic acids is 1. The lowest BCUT2D eigenvalue weighted by Crippen LogP contribution is -2.37. The van der Waals surface area contributed by atoms with E-state index in [4.69, 9.17) is 15.0 Å². The number of benzene rings is 1. The van der Waals surface area contributed by atoms with E-state index in [-0.39, 0.29) is 23.6 Å². The molecule has 0 fully saturated rings. The summed E-state index contributed by atoms with van der Waals surface area (Å²) in [4.78, 5) is 12.8. The van der Waals surface area contributed by atoms with Crippen LogP contribution in [-0.2, 0) is 10.0 Å². The lowest BCUT2D eigenvalue weighted by Gasteiger charge is -2.31. The molecule has 0 radical (unpaired) electrons. The fourth-order valence-corrected chi connectivity index (χ4v) is 2.42. The molecule has 0 unspecified atom stereocenters. The predicted molar refractivity (Wildman–Crippen MR) is 69.1 cm³/mol. The highest BCUT2D eigenvalue weighted by Crippen LogP contribution is 2.34. The zero-order valence-corrected chi connectivity index (χ0v) is 10.9. The van der Waals surface area contributed by atoms with Crippen molar-refractivity contribution in [2.24, 2.45) is 5.14 Å². The van der Waals surface area contributed by atoms with Gasteiger partial charge in [0.05, 0.1) is 18.0 Å². The van der Waals surface area contributed by atoms with Crippen LogP contribution in [0.3, 0.4) is 0 Å². The largest absolute Gasteiger partial charge is 0.489 e. The number of hydrogen-bond donors (Lipinski definition) is 2. The van der Waals surface area contributed by atoms with Crippen molar-refractivity contribution < 1.29 is 23.1 Å². The third kappa shape index (κ3) is 3.15. The standard InChI is InChI=1S/C11H14N2O5S/c12-19(16,17)7-5-13-4-6-18-10-8(11(14)15)2-1-3-9(10)13/h1-3H,4-7H2,(H,14,15)(H2,12,16,17). The molecule has 1 aromatic carbocycles. The highest BCUT2D eigenvalue weighted by Gasteiger charge is 2.24. The Labute approximate surface area is 110 Å². The molecule has 0 atom stereocenters. The normalized spacial score (nSPS) is 14.7. The summed E-state index contributed by atoms with van der Waals surface area (Å²) in [6.45, 7) is 1.01. The predicted octanol–water partition coefficient (Wildman–Crippen LogP) is -0.128. The van der Waals surface area contributed by atoms with E-state index in [1.807, 2.05) is 0 Å². The number of ether oxygens (including phenoxy) is 1. The number of anilines is 1. The summed E-state index contributed by atoms with van der Waals surface area (Å²) in [5.74, 6) is -0.996. The molecular weight excluding hydrogens is 272 g/mol. The van der Waals surface area contributed by atoms with Gasteiger partial charge in [-0.25, -0.2) is 18.4 Å². The summed E-state index contributed by atoms with van der Waals surface area (Å²) >= 11 is 0. The molecule has 104 valence electrons. The fourth-order valence-electron chi connectivity index (χ4n) is 1.94. The second kappa shape index (κ2) is 5.06. The molecule has 1 aromatic rings. The highest BCUT2D eigenvalue weighted by molar-refractivity contribution is 7.89. The average Bonchev–Trinajstić information content (AvgIpc) is 2.34.